The highest BCUT2D eigenvalue weighted by Crippen LogP contribution is 2.15. The van der Waals surface area contributed by atoms with Crippen LogP contribution in [0.4, 0.5) is 5.69 Å². The lowest BCUT2D eigenvalue weighted by Crippen LogP contribution is -2.20. The van der Waals surface area contributed by atoms with Crippen molar-refractivity contribution in [2.24, 2.45) is 0 Å². The standard InChI is InChI=1S/C23H23N5O3/c1-2-31-19-13-11-18(12-14-19)27-15-16-28-20(25-26-22(28)23(27)30)9-6-10-21(29)24-17-7-4-3-5-8-17/h3-5,7-8,11-16H,2,6,9-10H2,1H3,(H,24,29). The minimum Gasteiger partial charge on any atom is -0.494 e. The van der Waals surface area contributed by atoms with Gasteiger partial charge >= 0.3 is 5.56 Å². The summed E-state index contributed by atoms with van der Waals surface area (Å²) in [6, 6.07) is 16.6. The van der Waals surface area contributed by atoms with Crippen molar-refractivity contribution < 1.29 is 9.53 Å². The summed E-state index contributed by atoms with van der Waals surface area (Å²) in [7, 11) is 0. The number of para-hydroxylation sites is 1. The van der Waals surface area contributed by atoms with E-state index in [-0.39, 0.29) is 17.1 Å². The number of anilines is 1. The molecule has 0 aliphatic carbocycles. The van der Waals surface area contributed by atoms with Crippen LogP contribution >= 0.6 is 0 Å². The highest BCUT2D eigenvalue weighted by molar-refractivity contribution is 5.90. The monoisotopic (exact) mass is 417 g/mol. The quantitative estimate of drug-likeness (QED) is 0.475. The molecule has 1 amide bonds. The van der Waals surface area contributed by atoms with Crippen LogP contribution < -0.4 is 15.6 Å². The summed E-state index contributed by atoms with van der Waals surface area (Å²) >= 11 is 0. The molecule has 158 valence electrons. The summed E-state index contributed by atoms with van der Waals surface area (Å²) in [4.78, 5) is 25.0. The molecule has 2 aromatic carbocycles. The summed E-state index contributed by atoms with van der Waals surface area (Å²) in [5, 5.41) is 11.1. The van der Waals surface area contributed by atoms with Gasteiger partial charge in [0, 0.05) is 36.6 Å². The van der Waals surface area contributed by atoms with Gasteiger partial charge in [0.2, 0.25) is 11.6 Å². The van der Waals surface area contributed by atoms with E-state index in [1.165, 1.54) is 4.57 Å². The fraction of sp³-hybridized carbons (Fsp3) is 0.217. The van der Waals surface area contributed by atoms with Crippen molar-refractivity contribution in [3.05, 3.63) is 83.2 Å². The number of ether oxygens (including phenoxy) is 1. The fourth-order valence-corrected chi connectivity index (χ4v) is 3.33. The molecule has 2 aromatic heterocycles. The van der Waals surface area contributed by atoms with Crippen LogP contribution in [-0.4, -0.2) is 31.7 Å². The third kappa shape index (κ3) is 4.63. The first-order chi connectivity index (χ1) is 15.2. The zero-order chi connectivity index (χ0) is 21.6. The largest absolute Gasteiger partial charge is 0.494 e. The molecule has 0 radical (unpaired) electrons. The van der Waals surface area contributed by atoms with Crippen molar-refractivity contribution in [3.8, 4) is 11.4 Å². The van der Waals surface area contributed by atoms with Crippen molar-refractivity contribution in [1.29, 1.82) is 0 Å². The fourth-order valence-electron chi connectivity index (χ4n) is 3.33. The van der Waals surface area contributed by atoms with Gasteiger partial charge in [-0.2, -0.15) is 0 Å². The number of hydrogen-bond donors (Lipinski definition) is 1. The lowest BCUT2D eigenvalue weighted by atomic mass is 10.2. The minimum atomic E-state index is -0.257. The number of amides is 1. The molecule has 0 saturated carbocycles. The van der Waals surface area contributed by atoms with Crippen LogP contribution in [0.15, 0.2) is 71.8 Å². The van der Waals surface area contributed by atoms with Gasteiger partial charge in [-0.15, -0.1) is 10.2 Å². The van der Waals surface area contributed by atoms with Gasteiger partial charge < -0.3 is 10.1 Å². The smallest absolute Gasteiger partial charge is 0.300 e. The molecule has 8 heteroatoms. The second-order valence-electron chi connectivity index (χ2n) is 6.98. The lowest BCUT2D eigenvalue weighted by molar-refractivity contribution is -0.116. The molecule has 31 heavy (non-hydrogen) atoms. The Hall–Kier alpha value is -3.94. The molecule has 0 aliphatic heterocycles. The van der Waals surface area contributed by atoms with E-state index in [4.69, 9.17) is 4.74 Å². The Morgan fingerprint density at radius 1 is 1.03 bits per heavy atom. The Morgan fingerprint density at radius 2 is 1.81 bits per heavy atom. The van der Waals surface area contributed by atoms with E-state index < -0.39 is 0 Å². The molecule has 0 aliphatic rings. The second kappa shape index (κ2) is 9.25. The third-order valence-electron chi connectivity index (χ3n) is 4.83. The highest BCUT2D eigenvalue weighted by Gasteiger charge is 2.12. The zero-order valence-corrected chi connectivity index (χ0v) is 17.2. The molecule has 1 N–H and O–H groups in total. The number of aryl methyl sites for hydroxylation is 1. The van der Waals surface area contributed by atoms with Gasteiger partial charge in [0.05, 0.1) is 6.61 Å². The van der Waals surface area contributed by atoms with Gasteiger partial charge in [0.15, 0.2) is 0 Å². The van der Waals surface area contributed by atoms with Crippen LogP contribution in [0, 0.1) is 0 Å². The first kappa shape index (κ1) is 20.3. The lowest BCUT2D eigenvalue weighted by Gasteiger charge is -2.08. The minimum absolute atomic E-state index is 0.0575. The van der Waals surface area contributed by atoms with Crippen molar-refractivity contribution in [2.45, 2.75) is 26.2 Å². The van der Waals surface area contributed by atoms with Gasteiger partial charge in [-0.05, 0) is 49.7 Å². The van der Waals surface area contributed by atoms with Gasteiger partial charge in [-0.1, -0.05) is 18.2 Å². The van der Waals surface area contributed by atoms with E-state index in [2.05, 4.69) is 15.5 Å². The third-order valence-corrected chi connectivity index (χ3v) is 4.83. The molecule has 0 bridgehead atoms. The Labute approximate surface area is 179 Å². The molecule has 8 nitrogen and oxygen atoms in total. The van der Waals surface area contributed by atoms with Gasteiger partial charge in [0.25, 0.3) is 0 Å². The number of carbonyl (C=O) groups is 1. The Balaban J connectivity index is 1.44. The van der Waals surface area contributed by atoms with Crippen LogP contribution in [0.5, 0.6) is 5.75 Å². The molecular weight excluding hydrogens is 394 g/mol. The number of carbonyl (C=O) groups excluding carboxylic acids is 1. The Bertz CT molecular complexity index is 1230. The van der Waals surface area contributed by atoms with Crippen molar-refractivity contribution in [2.75, 3.05) is 11.9 Å². The molecule has 0 unspecified atom stereocenters. The highest BCUT2D eigenvalue weighted by atomic mass is 16.5. The Morgan fingerprint density at radius 3 is 2.55 bits per heavy atom. The van der Waals surface area contributed by atoms with Crippen LogP contribution in [0.2, 0.25) is 0 Å². The molecule has 0 spiro atoms. The van der Waals surface area contributed by atoms with E-state index in [0.717, 1.165) is 17.1 Å². The topological polar surface area (TPSA) is 90.5 Å². The SMILES string of the molecule is CCOc1ccc(-n2ccn3c(CCCC(=O)Nc4ccccc4)nnc3c2=O)cc1. The second-order valence-corrected chi connectivity index (χ2v) is 6.98. The molecule has 0 saturated heterocycles. The number of hydrogen-bond acceptors (Lipinski definition) is 5. The summed E-state index contributed by atoms with van der Waals surface area (Å²) in [6.07, 6.45) is 4.96. The molecule has 0 fully saturated rings. The average Bonchev–Trinajstić information content (AvgIpc) is 3.20. The van der Waals surface area contributed by atoms with E-state index in [0.29, 0.717) is 31.7 Å². The predicted octanol–water partition coefficient (Wildman–Crippen LogP) is 3.24. The molecule has 0 atom stereocenters. The van der Waals surface area contributed by atoms with E-state index >= 15 is 0 Å². The maximum Gasteiger partial charge on any atom is 0.300 e. The molecule has 4 aromatic rings. The van der Waals surface area contributed by atoms with Crippen LogP contribution in [0.25, 0.3) is 11.3 Å². The average molecular weight is 417 g/mol. The van der Waals surface area contributed by atoms with Gasteiger partial charge in [0.1, 0.15) is 11.6 Å². The maximum absolute atomic E-state index is 12.9. The first-order valence-corrected chi connectivity index (χ1v) is 10.2. The summed E-state index contributed by atoms with van der Waals surface area (Å²) in [6.45, 7) is 2.51. The van der Waals surface area contributed by atoms with E-state index in [1.54, 1.807) is 16.8 Å². The maximum atomic E-state index is 12.9. The number of aromatic nitrogens is 4. The number of fused-ring (bicyclic) bond motifs is 1. The van der Waals surface area contributed by atoms with Crippen LogP contribution in [-0.2, 0) is 11.2 Å². The first-order valence-electron chi connectivity index (χ1n) is 10.2. The van der Waals surface area contributed by atoms with Crippen molar-refractivity contribution in [3.63, 3.8) is 0 Å². The number of nitrogens with zero attached hydrogens (tertiary/aromatic N) is 4. The predicted molar refractivity (Wildman–Crippen MR) is 118 cm³/mol. The number of benzene rings is 2. The molecular formula is C23H23N5O3. The normalized spacial score (nSPS) is 10.9. The van der Waals surface area contributed by atoms with Gasteiger partial charge in [-0.25, -0.2) is 0 Å². The Kier molecular flexibility index (Phi) is 6.07. The van der Waals surface area contributed by atoms with Crippen LogP contribution in [0.3, 0.4) is 0 Å². The van der Waals surface area contributed by atoms with Crippen LogP contribution in [0.1, 0.15) is 25.6 Å². The van der Waals surface area contributed by atoms with Crippen molar-refractivity contribution >= 4 is 17.2 Å². The number of nitrogens with one attached hydrogen (secondary N) is 1. The zero-order valence-electron chi connectivity index (χ0n) is 17.2. The number of rotatable bonds is 8. The molecule has 4 rings (SSSR count). The summed E-state index contributed by atoms with van der Waals surface area (Å²) < 4.78 is 8.65. The van der Waals surface area contributed by atoms with Crippen molar-refractivity contribution in [1.82, 2.24) is 19.2 Å². The van der Waals surface area contributed by atoms with E-state index in [1.807, 2.05) is 61.5 Å². The van der Waals surface area contributed by atoms with Gasteiger partial charge in [-0.3, -0.25) is 18.6 Å². The van der Waals surface area contributed by atoms with E-state index in [9.17, 15) is 9.59 Å². The summed E-state index contributed by atoms with van der Waals surface area (Å²) in [5.74, 6) is 1.35. The summed E-state index contributed by atoms with van der Waals surface area (Å²) in [5.41, 5.74) is 1.49. The molecule has 2 heterocycles.